The van der Waals surface area contributed by atoms with E-state index in [2.05, 4.69) is 26.9 Å². The van der Waals surface area contributed by atoms with Crippen LogP contribution < -0.4 is 14.8 Å². The van der Waals surface area contributed by atoms with Crippen LogP contribution in [-0.4, -0.2) is 39.1 Å². The molecule has 4 aromatic rings. The molecule has 0 aliphatic carbocycles. The molecule has 1 N–H and O–H groups in total. The summed E-state index contributed by atoms with van der Waals surface area (Å²) < 4.78 is 13.6. The van der Waals surface area contributed by atoms with E-state index in [0.717, 1.165) is 52.3 Å². The lowest BCUT2D eigenvalue weighted by atomic mass is 10.2. The average Bonchev–Trinajstić information content (AvgIpc) is 3.34. The predicted octanol–water partition coefficient (Wildman–Crippen LogP) is 5.18. The number of aromatic nitrogens is 4. The average molecular weight is 496 g/mol. The second-order valence-electron chi connectivity index (χ2n) is 7.36. The van der Waals surface area contributed by atoms with Gasteiger partial charge in [-0.25, -0.2) is 0 Å². The maximum Gasteiger partial charge on any atom is 0.214 e. The molecule has 34 heavy (non-hydrogen) atoms. The molecule has 0 aliphatic rings. The molecule has 0 radical (unpaired) electrons. The third-order valence-electron chi connectivity index (χ3n) is 4.90. The lowest BCUT2D eigenvalue weighted by Gasteiger charge is -2.14. The highest BCUT2D eigenvalue weighted by atomic mass is 35.5. The lowest BCUT2D eigenvalue weighted by molar-refractivity contribution is 0.269. The maximum atomic E-state index is 5.99. The van der Waals surface area contributed by atoms with Crippen LogP contribution in [0.15, 0.2) is 78.0 Å². The number of ether oxygens (including phenoxy) is 2. The normalized spacial score (nSPS) is 10.9. The molecule has 1 heterocycles. The van der Waals surface area contributed by atoms with Crippen molar-refractivity contribution in [2.24, 2.45) is 0 Å². The maximum absolute atomic E-state index is 5.99. The summed E-state index contributed by atoms with van der Waals surface area (Å²) in [6.07, 6.45) is 0. The molecule has 0 saturated heterocycles. The van der Waals surface area contributed by atoms with E-state index < -0.39 is 0 Å². The Bertz CT molecular complexity index is 1170. The van der Waals surface area contributed by atoms with E-state index in [9.17, 15) is 0 Å². The molecule has 0 spiro atoms. The first-order chi connectivity index (χ1) is 16.7. The van der Waals surface area contributed by atoms with Gasteiger partial charge >= 0.3 is 0 Å². The second kappa shape index (κ2) is 12.4. The Kier molecular flexibility index (Phi) is 8.78. The van der Waals surface area contributed by atoms with Crippen molar-refractivity contribution in [2.45, 2.75) is 25.2 Å². The number of thioether (sulfide) groups is 1. The van der Waals surface area contributed by atoms with Crippen LogP contribution >= 0.6 is 23.4 Å². The molecule has 0 amide bonds. The zero-order valence-corrected chi connectivity index (χ0v) is 20.4. The van der Waals surface area contributed by atoms with Crippen LogP contribution in [0.5, 0.6) is 11.5 Å². The van der Waals surface area contributed by atoms with Crippen molar-refractivity contribution < 1.29 is 9.47 Å². The zero-order chi connectivity index (χ0) is 23.6. The Hall–Kier alpha value is -3.07. The Balaban J connectivity index is 1.27. The van der Waals surface area contributed by atoms with Crippen molar-refractivity contribution in [3.63, 3.8) is 0 Å². The number of nitrogens with one attached hydrogen (secondary N) is 1. The summed E-state index contributed by atoms with van der Waals surface area (Å²) in [5.41, 5.74) is 3.12. The van der Waals surface area contributed by atoms with E-state index in [1.54, 1.807) is 16.4 Å². The van der Waals surface area contributed by atoms with Crippen molar-refractivity contribution in [3.8, 4) is 17.2 Å². The third kappa shape index (κ3) is 6.72. The lowest BCUT2D eigenvalue weighted by Crippen LogP contribution is -2.17. The van der Waals surface area contributed by atoms with Gasteiger partial charge in [-0.2, -0.15) is 4.68 Å². The van der Waals surface area contributed by atoms with Crippen LogP contribution in [0.3, 0.4) is 0 Å². The Labute approximate surface area is 208 Å². The summed E-state index contributed by atoms with van der Waals surface area (Å²) in [6, 6.07) is 23.5. The van der Waals surface area contributed by atoms with Gasteiger partial charge in [0, 0.05) is 23.9 Å². The van der Waals surface area contributed by atoms with Gasteiger partial charge in [-0.15, -0.1) is 5.10 Å². The largest absolute Gasteiger partial charge is 0.490 e. The van der Waals surface area contributed by atoms with E-state index >= 15 is 0 Å². The van der Waals surface area contributed by atoms with Gasteiger partial charge in [-0.05, 0) is 64.9 Å². The Morgan fingerprint density at radius 3 is 2.53 bits per heavy atom. The number of nitrogens with zero attached hydrogens (tertiary/aromatic N) is 4. The molecular formula is C25H26ClN5O2S. The molecule has 0 saturated carbocycles. The first kappa shape index (κ1) is 24.1. The summed E-state index contributed by atoms with van der Waals surface area (Å²) in [5, 5.41) is 17.0. The molecule has 0 aliphatic heterocycles. The smallest absolute Gasteiger partial charge is 0.214 e. The number of halogens is 1. The summed E-state index contributed by atoms with van der Waals surface area (Å²) in [4.78, 5) is 0. The molecule has 0 bridgehead atoms. The highest BCUT2D eigenvalue weighted by Gasteiger charge is 2.09. The van der Waals surface area contributed by atoms with Crippen molar-refractivity contribution in [1.82, 2.24) is 25.5 Å². The molecule has 0 fully saturated rings. The Morgan fingerprint density at radius 1 is 0.941 bits per heavy atom. The van der Waals surface area contributed by atoms with Gasteiger partial charge in [0.1, 0.15) is 6.61 Å². The van der Waals surface area contributed by atoms with Crippen LogP contribution in [0.2, 0.25) is 5.02 Å². The van der Waals surface area contributed by atoms with Crippen molar-refractivity contribution in [2.75, 3.05) is 18.9 Å². The van der Waals surface area contributed by atoms with Gasteiger partial charge in [0.2, 0.25) is 5.16 Å². The van der Waals surface area contributed by atoms with Gasteiger partial charge in [0.25, 0.3) is 0 Å². The van der Waals surface area contributed by atoms with Gasteiger partial charge < -0.3 is 14.8 Å². The second-order valence-corrected chi connectivity index (χ2v) is 8.86. The third-order valence-corrected chi connectivity index (χ3v) is 6.07. The van der Waals surface area contributed by atoms with Crippen LogP contribution in [-0.2, 0) is 13.2 Å². The fourth-order valence-corrected chi connectivity index (χ4v) is 4.15. The van der Waals surface area contributed by atoms with Crippen molar-refractivity contribution in [3.05, 3.63) is 88.9 Å². The Morgan fingerprint density at radius 2 is 1.74 bits per heavy atom. The number of para-hydroxylation sites is 1. The van der Waals surface area contributed by atoms with Crippen molar-refractivity contribution >= 4 is 23.4 Å². The van der Waals surface area contributed by atoms with Gasteiger partial charge in [-0.3, -0.25) is 0 Å². The van der Waals surface area contributed by atoms with E-state index in [0.29, 0.717) is 18.2 Å². The first-order valence-corrected chi connectivity index (χ1v) is 12.4. The van der Waals surface area contributed by atoms with E-state index in [1.807, 2.05) is 73.7 Å². The summed E-state index contributed by atoms with van der Waals surface area (Å²) in [5.74, 6) is 2.31. The molecule has 0 unspecified atom stereocenters. The first-order valence-electron chi connectivity index (χ1n) is 11.0. The minimum absolute atomic E-state index is 0.453. The molecule has 0 atom stereocenters. The van der Waals surface area contributed by atoms with E-state index in [1.165, 1.54) is 0 Å². The van der Waals surface area contributed by atoms with Crippen LogP contribution in [0.1, 0.15) is 18.1 Å². The minimum atomic E-state index is 0.453. The molecular weight excluding hydrogens is 470 g/mol. The number of benzene rings is 3. The van der Waals surface area contributed by atoms with Gasteiger partial charge in [-0.1, -0.05) is 59.8 Å². The fourth-order valence-electron chi connectivity index (χ4n) is 3.24. The fraction of sp³-hybridized carbons (Fsp3) is 0.240. The molecule has 3 aromatic carbocycles. The molecule has 1 aromatic heterocycles. The monoisotopic (exact) mass is 495 g/mol. The van der Waals surface area contributed by atoms with Crippen LogP contribution in [0.25, 0.3) is 5.69 Å². The molecule has 4 rings (SSSR count). The number of tetrazole rings is 1. The standard InChI is InChI=1S/C25H26ClN5O2S/c1-2-32-24-16-20(10-13-23(24)33-18-19-8-11-21(26)12-9-19)17-27-14-15-34-25-28-29-30-31(25)22-6-4-3-5-7-22/h3-13,16,27H,2,14-15,17-18H2,1H3. The summed E-state index contributed by atoms with van der Waals surface area (Å²) in [6.45, 7) is 4.52. The van der Waals surface area contributed by atoms with Crippen LogP contribution in [0.4, 0.5) is 0 Å². The number of hydrogen-bond acceptors (Lipinski definition) is 7. The van der Waals surface area contributed by atoms with Gasteiger partial charge in [0.05, 0.1) is 12.3 Å². The molecule has 176 valence electrons. The van der Waals surface area contributed by atoms with Crippen molar-refractivity contribution in [1.29, 1.82) is 0 Å². The summed E-state index contributed by atoms with van der Waals surface area (Å²) in [7, 11) is 0. The predicted molar refractivity (Wildman–Crippen MR) is 135 cm³/mol. The zero-order valence-electron chi connectivity index (χ0n) is 18.9. The van der Waals surface area contributed by atoms with Gasteiger partial charge in [0.15, 0.2) is 11.5 Å². The quantitative estimate of drug-likeness (QED) is 0.214. The van der Waals surface area contributed by atoms with E-state index in [-0.39, 0.29) is 0 Å². The SMILES string of the molecule is CCOc1cc(CNCCSc2nnnn2-c2ccccc2)ccc1OCc1ccc(Cl)cc1. The summed E-state index contributed by atoms with van der Waals surface area (Å²) >= 11 is 7.57. The number of hydrogen-bond donors (Lipinski definition) is 1. The minimum Gasteiger partial charge on any atom is -0.490 e. The molecule has 7 nitrogen and oxygen atoms in total. The molecule has 9 heteroatoms. The topological polar surface area (TPSA) is 74.1 Å². The van der Waals surface area contributed by atoms with E-state index in [4.69, 9.17) is 21.1 Å². The number of rotatable bonds is 12. The highest BCUT2D eigenvalue weighted by Crippen LogP contribution is 2.29. The highest BCUT2D eigenvalue weighted by molar-refractivity contribution is 7.99. The van der Waals surface area contributed by atoms with Crippen LogP contribution in [0, 0.1) is 0 Å².